The van der Waals surface area contributed by atoms with E-state index >= 15 is 0 Å². The van der Waals surface area contributed by atoms with Gasteiger partial charge in [-0.25, -0.2) is 0 Å². The molecule has 0 unspecified atom stereocenters. The predicted molar refractivity (Wildman–Crippen MR) is 119 cm³/mol. The summed E-state index contributed by atoms with van der Waals surface area (Å²) < 4.78 is 0. The van der Waals surface area contributed by atoms with Crippen molar-refractivity contribution in [3.05, 3.63) is 34.3 Å². The number of nitrogens with one attached hydrogen (secondary N) is 2. The molecule has 0 radical (unpaired) electrons. The second-order valence-corrected chi connectivity index (χ2v) is 10.5. The quantitative estimate of drug-likeness (QED) is 0.426. The second kappa shape index (κ2) is 9.56. The maximum atomic E-state index is 12.9. The van der Waals surface area contributed by atoms with E-state index in [-0.39, 0.29) is 12.5 Å². The van der Waals surface area contributed by atoms with E-state index in [0.29, 0.717) is 41.9 Å². The molecule has 1 amide bonds. The first kappa shape index (κ1) is 22.1. The highest BCUT2D eigenvalue weighted by atomic mass is 35.5. The van der Waals surface area contributed by atoms with Gasteiger partial charge in [0.2, 0.25) is 0 Å². The van der Waals surface area contributed by atoms with Gasteiger partial charge in [-0.2, -0.15) is 0 Å². The molecule has 4 bridgehead atoms. The van der Waals surface area contributed by atoms with Crippen molar-refractivity contribution in [1.29, 1.82) is 0 Å². The Balaban J connectivity index is 1.33. The van der Waals surface area contributed by atoms with Gasteiger partial charge < -0.3 is 20.8 Å². The molecule has 4 N–H and O–H groups in total. The van der Waals surface area contributed by atoms with Crippen LogP contribution in [0.25, 0.3) is 0 Å². The van der Waals surface area contributed by atoms with Crippen LogP contribution in [0.3, 0.4) is 0 Å². The lowest BCUT2D eigenvalue weighted by Gasteiger charge is -2.56. The number of aliphatic hydroxyl groups excluding tert-OH is 2. The van der Waals surface area contributed by atoms with Crippen molar-refractivity contribution in [2.75, 3.05) is 26.2 Å². The number of aliphatic hydroxyl groups is 2. The summed E-state index contributed by atoms with van der Waals surface area (Å²) >= 11 is 6.34. The molecule has 0 aliphatic heterocycles. The third-order valence-electron chi connectivity index (χ3n) is 7.43. The number of halogens is 1. The third-order valence-corrected chi connectivity index (χ3v) is 7.76. The van der Waals surface area contributed by atoms with Gasteiger partial charge in [-0.1, -0.05) is 17.7 Å². The SMILES string of the molecule is O=C(NCC12CC3CC(CC(C3)C1)C2)c1cc(C[C@@H](O)CNCCCO)ccc1Cl. The molecule has 1 atom stereocenters. The molecule has 0 aromatic heterocycles. The second-order valence-electron chi connectivity index (χ2n) is 10.1. The van der Waals surface area contributed by atoms with Crippen LogP contribution < -0.4 is 10.6 Å². The van der Waals surface area contributed by atoms with Gasteiger partial charge >= 0.3 is 0 Å². The fourth-order valence-corrected chi connectivity index (χ4v) is 6.76. The Kier molecular flexibility index (Phi) is 7.03. The van der Waals surface area contributed by atoms with Crippen molar-refractivity contribution < 1.29 is 15.0 Å². The topological polar surface area (TPSA) is 81.6 Å². The lowest BCUT2D eigenvalue weighted by atomic mass is 9.49. The molecule has 4 saturated carbocycles. The van der Waals surface area contributed by atoms with Crippen molar-refractivity contribution in [2.45, 2.75) is 57.5 Å². The molecule has 5 nitrogen and oxygen atoms in total. The van der Waals surface area contributed by atoms with Crippen molar-refractivity contribution in [3.63, 3.8) is 0 Å². The summed E-state index contributed by atoms with van der Waals surface area (Å²) in [6.07, 6.45) is 8.58. The van der Waals surface area contributed by atoms with E-state index < -0.39 is 6.10 Å². The fourth-order valence-electron chi connectivity index (χ4n) is 6.56. The molecule has 1 aromatic rings. The smallest absolute Gasteiger partial charge is 0.252 e. The first-order valence-corrected chi connectivity index (χ1v) is 11.9. The van der Waals surface area contributed by atoms with Crippen LogP contribution in [0.15, 0.2) is 18.2 Å². The van der Waals surface area contributed by atoms with Crippen molar-refractivity contribution in [2.24, 2.45) is 23.2 Å². The summed E-state index contributed by atoms with van der Waals surface area (Å²) in [5.41, 5.74) is 1.69. The Morgan fingerprint density at radius 3 is 2.47 bits per heavy atom. The van der Waals surface area contributed by atoms with E-state index in [1.54, 1.807) is 6.07 Å². The molecule has 4 aliphatic rings. The zero-order chi connectivity index (χ0) is 21.1. The van der Waals surface area contributed by atoms with Gasteiger partial charge in [0.25, 0.3) is 5.91 Å². The Morgan fingerprint density at radius 2 is 1.83 bits per heavy atom. The summed E-state index contributed by atoms with van der Waals surface area (Å²) in [7, 11) is 0. The lowest BCUT2D eigenvalue weighted by molar-refractivity contribution is -0.0503. The third kappa shape index (κ3) is 5.18. The lowest BCUT2D eigenvalue weighted by Crippen LogP contribution is -2.51. The largest absolute Gasteiger partial charge is 0.396 e. The van der Waals surface area contributed by atoms with E-state index in [1.807, 2.05) is 12.1 Å². The van der Waals surface area contributed by atoms with E-state index in [2.05, 4.69) is 10.6 Å². The zero-order valence-corrected chi connectivity index (χ0v) is 18.5. The number of benzene rings is 1. The van der Waals surface area contributed by atoms with Crippen LogP contribution in [0.1, 0.15) is 60.9 Å². The number of amides is 1. The number of hydrogen-bond acceptors (Lipinski definition) is 4. The maximum Gasteiger partial charge on any atom is 0.252 e. The number of hydrogen-bond donors (Lipinski definition) is 4. The first-order chi connectivity index (χ1) is 14.5. The van der Waals surface area contributed by atoms with Crippen LogP contribution in [0.4, 0.5) is 0 Å². The minimum Gasteiger partial charge on any atom is -0.396 e. The molecule has 0 spiro atoms. The van der Waals surface area contributed by atoms with Gasteiger partial charge in [0.1, 0.15) is 0 Å². The number of rotatable bonds is 10. The average molecular weight is 435 g/mol. The molecule has 4 fully saturated rings. The monoisotopic (exact) mass is 434 g/mol. The highest BCUT2D eigenvalue weighted by molar-refractivity contribution is 6.33. The number of carbonyl (C=O) groups excluding carboxylic acids is 1. The Hall–Kier alpha value is -1.14. The molecule has 0 heterocycles. The van der Waals surface area contributed by atoms with Gasteiger partial charge in [-0.05, 0) is 98.8 Å². The van der Waals surface area contributed by atoms with E-state index in [4.69, 9.17) is 16.7 Å². The van der Waals surface area contributed by atoms with Gasteiger partial charge in [0.15, 0.2) is 0 Å². The van der Waals surface area contributed by atoms with Crippen LogP contribution in [-0.2, 0) is 6.42 Å². The van der Waals surface area contributed by atoms with Gasteiger partial charge in [0.05, 0.1) is 16.7 Å². The van der Waals surface area contributed by atoms with Crippen molar-refractivity contribution in [1.82, 2.24) is 10.6 Å². The van der Waals surface area contributed by atoms with Crippen LogP contribution in [0.5, 0.6) is 0 Å². The zero-order valence-electron chi connectivity index (χ0n) is 17.7. The summed E-state index contributed by atoms with van der Waals surface area (Å²) in [6, 6.07) is 5.44. The standard InChI is InChI=1S/C24H35ClN2O3/c25-22-3-2-16(9-20(29)14-26-4-1-5-28)10-21(22)23(30)27-15-24-11-17-6-18(12-24)8-19(7-17)13-24/h2-3,10,17-20,26,28-29H,1,4-9,11-15H2,(H,27,30)/t17?,18?,19?,20-,24?/m1/s1. The maximum absolute atomic E-state index is 12.9. The molecular weight excluding hydrogens is 400 g/mol. The van der Waals surface area contributed by atoms with Crippen molar-refractivity contribution >= 4 is 17.5 Å². The van der Waals surface area contributed by atoms with E-state index in [0.717, 1.165) is 29.9 Å². The van der Waals surface area contributed by atoms with Crippen LogP contribution in [-0.4, -0.2) is 48.5 Å². The van der Waals surface area contributed by atoms with Crippen LogP contribution in [0, 0.1) is 23.2 Å². The molecule has 4 aliphatic carbocycles. The van der Waals surface area contributed by atoms with Crippen LogP contribution >= 0.6 is 11.6 Å². The summed E-state index contributed by atoms with van der Waals surface area (Å²) in [6.45, 7) is 2.03. The van der Waals surface area contributed by atoms with E-state index in [9.17, 15) is 9.90 Å². The first-order valence-electron chi connectivity index (χ1n) is 11.5. The molecule has 0 saturated heterocycles. The highest BCUT2D eigenvalue weighted by Gasteiger charge is 2.50. The predicted octanol–water partition coefficient (Wildman–Crippen LogP) is 3.16. The average Bonchev–Trinajstić information content (AvgIpc) is 2.70. The molecule has 30 heavy (non-hydrogen) atoms. The molecule has 6 heteroatoms. The fraction of sp³-hybridized carbons (Fsp3) is 0.708. The van der Waals surface area contributed by atoms with Gasteiger partial charge in [-0.15, -0.1) is 0 Å². The Morgan fingerprint density at radius 1 is 1.17 bits per heavy atom. The minimum atomic E-state index is -0.548. The Bertz CT molecular complexity index is 719. The normalized spacial score (nSPS) is 30.4. The summed E-state index contributed by atoms with van der Waals surface area (Å²) in [5.74, 6) is 2.50. The van der Waals surface area contributed by atoms with Crippen molar-refractivity contribution in [3.8, 4) is 0 Å². The Labute approximate surface area is 184 Å². The van der Waals surface area contributed by atoms with Gasteiger partial charge in [0, 0.05) is 19.7 Å². The van der Waals surface area contributed by atoms with Crippen LogP contribution in [0.2, 0.25) is 5.02 Å². The van der Waals surface area contributed by atoms with E-state index in [1.165, 1.54) is 38.5 Å². The number of carbonyl (C=O) groups is 1. The van der Waals surface area contributed by atoms with Gasteiger partial charge in [-0.3, -0.25) is 4.79 Å². The molecule has 5 rings (SSSR count). The highest BCUT2D eigenvalue weighted by Crippen LogP contribution is 2.59. The summed E-state index contributed by atoms with van der Waals surface area (Å²) in [4.78, 5) is 12.9. The minimum absolute atomic E-state index is 0.104. The molecular formula is C24H35ClN2O3. The molecule has 166 valence electrons. The molecule has 1 aromatic carbocycles. The summed E-state index contributed by atoms with van der Waals surface area (Å²) in [5, 5.41) is 25.8.